The van der Waals surface area contributed by atoms with Crippen molar-refractivity contribution in [2.75, 3.05) is 26.4 Å². The summed E-state index contributed by atoms with van der Waals surface area (Å²) in [5, 5.41) is 17.4. The van der Waals surface area contributed by atoms with Gasteiger partial charge in [0.1, 0.15) is 0 Å². The number of unbranched alkanes of at least 4 members (excludes halogenated alkanes) is 11. The standard InChI is InChI=1S/C22H42O6/c23-17-11-5-1-3-9-15-21(25)27-19-13-7-8-14-20-28-22(26)16-10-4-2-6-12-18-24/h23-24H,1-20H2. The molecule has 0 aromatic carbocycles. The molecule has 166 valence electrons. The molecule has 6 nitrogen and oxygen atoms in total. The lowest BCUT2D eigenvalue weighted by atomic mass is 10.1. The monoisotopic (exact) mass is 402 g/mol. The van der Waals surface area contributed by atoms with E-state index in [0.717, 1.165) is 89.9 Å². The average Bonchev–Trinajstić information content (AvgIpc) is 2.69. The van der Waals surface area contributed by atoms with Crippen LogP contribution in [0.25, 0.3) is 0 Å². The Hall–Kier alpha value is -1.14. The number of esters is 2. The minimum Gasteiger partial charge on any atom is -0.466 e. The van der Waals surface area contributed by atoms with Crippen molar-refractivity contribution in [3.8, 4) is 0 Å². The second-order valence-corrected chi connectivity index (χ2v) is 7.34. The van der Waals surface area contributed by atoms with Crippen molar-refractivity contribution in [1.82, 2.24) is 0 Å². The largest absolute Gasteiger partial charge is 0.466 e. The normalized spacial score (nSPS) is 10.8. The summed E-state index contributed by atoms with van der Waals surface area (Å²) in [6.07, 6.45) is 14.2. The molecule has 0 saturated carbocycles. The lowest BCUT2D eigenvalue weighted by Crippen LogP contribution is -2.07. The van der Waals surface area contributed by atoms with Gasteiger partial charge in [-0.3, -0.25) is 9.59 Å². The number of hydrogen-bond donors (Lipinski definition) is 2. The second-order valence-electron chi connectivity index (χ2n) is 7.34. The first-order chi connectivity index (χ1) is 13.7. The molecule has 0 bridgehead atoms. The van der Waals surface area contributed by atoms with Crippen LogP contribution in [0.5, 0.6) is 0 Å². The van der Waals surface area contributed by atoms with E-state index >= 15 is 0 Å². The maximum atomic E-state index is 11.6. The zero-order chi connectivity index (χ0) is 20.7. The lowest BCUT2D eigenvalue weighted by Gasteiger charge is -2.06. The van der Waals surface area contributed by atoms with Crippen molar-refractivity contribution in [2.45, 2.75) is 103 Å². The van der Waals surface area contributed by atoms with Crippen molar-refractivity contribution >= 4 is 11.9 Å². The summed E-state index contributed by atoms with van der Waals surface area (Å²) < 4.78 is 10.4. The number of aliphatic hydroxyl groups excluding tert-OH is 2. The van der Waals surface area contributed by atoms with Crippen LogP contribution in [0.15, 0.2) is 0 Å². The summed E-state index contributed by atoms with van der Waals surface area (Å²) in [5.41, 5.74) is 0. The molecule has 0 atom stereocenters. The van der Waals surface area contributed by atoms with Crippen LogP contribution >= 0.6 is 0 Å². The minimum atomic E-state index is -0.118. The average molecular weight is 403 g/mol. The first kappa shape index (κ1) is 26.9. The third-order valence-electron chi connectivity index (χ3n) is 4.64. The highest BCUT2D eigenvalue weighted by Crippen LogP contribution is 2.08. The fraction of sp³-hybridized carbons (Fsp3) is 0.909. The van der Waals surface area contributed by atoms with Gasteiger partial charge in [-0.05, 0) is 51.4 Å². The summed E-state index contributed by atoms with van der Waals surface area (Å²) in [5.74, 6) is -0.236. The molecule has 0 aromatic rings. The van der Waals surface area contributed by atoms with Crippen LogP contribution in [-0.4, -0.2) is 48.6 Å². The number of aliphatic hydroxyl groups is 2. The highest BCUT2D eigenvalue weighted by Gasteiger charge is 2.04. The van der Waals surface area contributed by atoms with Gasteiger partial charge in [0.25, 0.3) is 0 Å². The predicted octanol–water partition coefficient (Wildman–Crippen LogP) is 4.30. The smallest absolute Gasteiger partial charge is 0.305 e. The molecule has 28 heavy (non-hydrogen) atoms. The fourth-order valence-corrected chi connectivity index (χ4v) is 2.90. The van der Waals surface area contributed by atoms with Crippen LogP contribution in [0.4, 0.5) is 0 Å². The molecule has 0 saturated heterocycles. The van der Waals surface area contributed by atoms with Crippen LogP contribution in [0.2, 0.25) is 0 Å². The lowest BCUT2D eigenvalue weighted by molar-refractivity contribution is -0.145. The van der Waals surface area contributed by atoms with Gasteiger partial charge in [0.2, 0.25) is 0 Å². The molecule has 0 aliphatic rings. The number of carbonyl (C=O) groups excluding carboxylic acids is 2. The van der Waals surface area contributed by atoms with E-state index in [9.17, 15) is 9.59 Å². The Morgan fingerprint density at radius 2 is 0.786 bits per heavy atom. The topological polar surface area (TPSA) is 93.1 Å². The predicted molar refractivity (Wildman–Crippen MR) is 110 cm³/mol. The summed E-state index contributed by atoms with van der Waals surface area (Å²) in [6.45, 7) is 1.44. The second kappa shape index (κ2) is 22.2. The number of carbonyl (C=O) groups is 2. The van der Waals surface area contributed by atoms with Crippen LogP contribution < -0.4 is 0 Å². The molecule has 0 unspecified atom stereocenters. The van der Waals surface area contributed by atoms with Crippen molar-refractivity contribution in [3.05, 3.63) is 0 Å². The summed E-state index contributed by atoms with van der Waals surface area (Å²) >= 11 is 0. The van der Waals surface area contributed by atoms with Crippen LogP contribution in [0, 0.1) is 0 Å². The first-order valence-corrected chi connectivity index (χ1v) is 11.2. The molecule has 0 rings (SSSR count). The van der Waals surface area contributed by atoms with Crippen molar-refractivity contribution in [1.29, 1.82) is 0 Å². The van der Waals surface area contributed by atoms with Gasteiger partial charge in [-0.25, -0.2) is 0 Å². The van der Waals surface area contributed by atoms with Crippen LogP contribution in [0.1, 0.15) is 103 Å². The summed E-state index contributed by atoms with van der Waals surface area (Å²) in [7, 11) is 0. The van der Waals surface area contributed by atoms with E-state index in [4.69, 9.17) is 19.7 Å². The van der Waals surface area contributed by atoms with Gasteiger partial charge in [0.05, 0.1) is 13.2 Å². The maximum Gasteiger partial charge on any atom is 0.305 e. The van der Waals surface area contributed by atoms with Crippen molar-refractivity contribution < 1.29 is 29.3 Å². The Morgan fingerprint density at radius 1 is 0.464 bits per heavy atom. The first-order valence-electron chi connectivity index (χ1n) is 11.2. The molecular formula is C22H42O6. The minimum absolute atomic E-state index is 0.118. The summed E-state index contributed by atoms with van der Waals surface area (Å²) in [4.78, 5) is 23.1. The molecule has 0 fully saturated rings. The molecule has 0 heterocycles. The zero-order valence-electron chi connectivity index (χ0n) is 17.7. The highest BCUT2D eigenvalue weighted by atomic mass is 16.5. The Kier molecular flexibility index (Phi) is 21.3. The van der Waals surface area contributed by atoms with Gasteiger partial charge in [-0.15, -0.1) is 0 Å². The Morgan fingerprint density at radius 3 is 1.18 bits per heavy atom. The molecule has 0 aliphatic carbocycles. The molecule has 2 N–H and O–H groups in total. The van der Waals surface area contributed by atoms with Crippen molar-refractivity contribution in [3.63, 3.8) is 0 Å². The SMILES string of the molecule is O=C(CCCCCCCO)OCCCCCCOC(=O)CCCCCCCO. The van der Waals surface area contributed by atoms with Gasteiger partial charge < -0.3 is 19.7 Å². The third kappa shape index (κ3) is 21.2. The number of rotatable bonds is 21. The van der Waals surface area contributed by atoms with Crippen LogP contribution in [0.3, 0.4) is 0 Å². The molecule has 0 aromatic heterocycles. The van der Waals surface area contributed by atoms with E-state index in [0.29, 0.717) is 26.1 Å². The fourth-order valence-electron chi connectivity index (χ4n) is 2.90. The number of hydrogen-bond acceptors (Lipinski definition) is 6. The molecule has 0 aliphatic heterocycles. The van der Waals surface area contributed by atoms with Crippen LogP contribution in [-0.2, 0) is 19.1 Å². The zero-order valence-corrected chi connectivity index (χ0v) is 17.7. The quantitative estimate of drug-likeness (QED) is 0.220. The molecule has 0 spiro atoms. The maximum absolute atomic E-state index is 11.6. The Balaban J connectivity index is 3.25. The third-order valence-corrected chi connectivity index (χ3v) is 4.64. The Labute approximate surface area is 171 Å². The van der Waals surface area contributed by atoms with Gasteiger partial charge >= 0.3 is 11.9 Å². The van der Waals surface area contributed by atoms with Gasteiger partial charge in [-0.2, -0.15) is 0 Å². The van der Waals surface area contributed by atoms with Gasteiger partial charge in [0, 0.05) is 26.1 Å². The highest BCUT2D eigenvalue weighted by molar-refractivity contribution is 5.69. The molecular weight excluding hydrogens is 360 g/mol. The molecule has 6 heteroatoms. The number of ether oxygens (including phenoxy) is 2. The van der Waals surface area contributed by atoms with E-state index in [1.165, 1.54) is 0 Å². The van der Waals surface area contributed by atoms with E-state index in [2.05, 4.69) is 0 Å². The molecule has 0 radical (unpaired) electrons. The van der Waals surface area contributed by atoms with E-state index in [1.54, 1.807) is 0 Å². The van der Waals surface area contributed by atoms with E-state index in [-0.39, 0.29) is 25.2 Å². The Bertz CT molecular complexity index is 325. The van der Waals surface area contributed by atoms with Gasteiger partial charge in [0.15, 0.2) is 0 Å². The van der Waals surface area contributed by atoms with E-state index < -0.39 is 0 Å². The van der Waals surface area contributed by atoms with Gasteiger partial charge in [-0.1, -0.05) is 38.5 Å². The molecule has 0 amide bonds. The van der Waals surface area contributed by atoms with Crippen molar-refractivity contribution in [2.24, 2.45) is 0 Å². The van der Waals surface area contributed by atoms with E-state index in [1.807, 2.05) is 0 Å². The summed E-state index contributed by atoms with van der Waals surface area (Å²) in [6, 6.07) is 0.